The van der Waals surface area contributed by atoms with Gasteiger partial charge in [-0.15, -0.1) is 0 Å². The molecule has 1 aliphatic heterocycles. The van der Waals surface area contributed by atoms with E-state index >= 15 is 0 Å². The van der Waals surface area contributed by atoms with Gasteiger partial charge in [0.25, 0.3) is 5.91 Å². The molecule has 0 aliphatic carbocycles. The summed E-state index contributed by atoms with van der Waals surface area (Å²) in [5.41, 5.74) is 0.882. The summed E-state index contributed by atoms with van der Waals surface area (Å²) >= 11 is 0. The number of piperidine rings is 1. The van der Waals surface area contributed by atoms with E-state index in [0.29, 0.717) is 30.2 Å². The molecular formula is C19H24N2O3. The number of amides is 1. The maximum absolute atomic E-state index is 12.9. The highest BCUT2D eigenvalue weighted by atomic mass is 16.4. The largest absolute Gasteiger partial charge is 0.422 e. The van der Waals surface area contributed by atoms with Gasteiger partial charge in [0, 0.05) is 18.5 Å². The van der Waals surface area contributed by atoms with Crippen LogP contribution in [0.2, 0.25) is 0 Å². The molecule has 5 nitrogen and oxygen atoms in total. The second kappa shape index (κ2) is 7.18. The third-order valence-electron chi connectivity index (χ3n) is 4.87. The van der Waals surface area contributed by atoms with Crippen LogP contribution in [0, 0.1) is 12.8 Å². The minimum atomic E-state index is -0.536. The summed E-state index contributed by atoms with van der Waals surface area (Å²) in [6.45, 7) is 7.28. The fourth-order valence-electron chi connectivity index (χ4n) is 3.40. The number of hydrogen-bond acceptors (Lipinski definition) is 4. The molecule has 3 rings (SSSR count). The van der Waals surface area contributed by atoms with Gasteiger partial charge >= 0.3 is 5.63 Å². The van der Waals surface area contributed by atoms with Crippen LogP contribution in [0.3, 0.4) is 0 Å². The summed E-state index contributed by atoms with van der Waals surface area (Å²) in [5.74, 6) is 0.400. The van der Waals surface area contributed by atoms with E-state index in [2.05, 4.69) is 12.2 Å². The van der Waals surface area contributed by atoms with Crippen LogP contribution in [-0.2, 0) is 0 Å². The van der Waals surface area contributed by atoms with Crippen LogP contribution in [-0.4, -0.2) is 37.0 Å². The zero-order valence-corrected chi connectivity index (χ0v) is 14.3. The average Bonchev–Trinajstić information content (AvgIpc) is 2.60. The number of nitrogens with one attached hydrogen (secondary N) is 1. The first-order valence-corrected chi connectivity index (χ1v) is 8.64. The Morgan fingerprint density at radius 1 is 1.29 bits per heavy atom. The predicted octanol–water partition coefficient (Wildman–Crippen LogP) is 2.56. The number of fused-ring (bicyclic) bond motifs is 1. The van der Waals surface area contributed by atoms with E-state index in [-0.39, 0.29) is 11.5 Å². The van der Waals surface area contributed by atoms with Crippen molar-refractivity contribution >= 4 is 16.9 Å². The maximum Gasteiger partial charge on any atom is 0.349 e. The van der Waals surface area contributed by atoms with Crippen LogP contribution >= 0.6 is 0 Å². The quantitative estimate of drug-likeness (QED) is 0.876. The molecule has 0 saturated carbocycles. The average molecular weight is 328 g/mol. The van der Waals surface area contributed by atoms with Crippen LogP contribution in [0.25, 0.3) is 11.0 Å². The van der Waals surface area contributed by atoms with E-state index in [1.165, 1.54) is 0 Å². The molecule has 5 heteroatoms. The van der Waals surface area contributed by atoms with E-state index < -0.39 is 5.63 Å². The van der Waals surface area contributed by atoms with Gasteiger partial charge in [0.15, 0.2) is 0 Å². The Balaban J connectivity index is 1.81. The summed E-state index contributed by atoms with van der Waals surface area (Å²) in [4.78, 5) is 27.0. The number of nitrogens with zero attached hydrogens (tertiary/aromatic N) is 1. The van der Waals surface area contributed by atoms with Gasteiger partial charge in [-0.2, -0.15) is 0 Å². The van der Waals surface area contributed by atoms with E-state index in [9.17, 15) is 9.59 Å². The molecule has 0 unspecified atom stereocenters. The summed E-state index contributed by atoms with van der Waals surface area (Å²) < 4.78 is 5.35. The number of carbonyl (C=O) groups excluding carboxylic acids is 1. The van der Waals surface area contributed by atoms with Crippen molar-refractivity contribution in [1.82, 2.24) is 10.2 Å². The predicted molar refractivity (Wildman–Crippen MR) is 94.4 cm³/mol. The number of benzene rings is 1. The second-order valence-corrected chi connectivity index (χ2v) is 6.43. The van der Waals surface area contributed by atoms with Gasteiger partial charge in [0.05, 0.1) is 0 Å². The van der Waals surface area contributed by atoms with Crippen LogP contribution < -0.4 is 10.9 Å². The fourth-order valence-corrected chi connectivity index (χ4v) is 3.40. The first-order chi connectivity index (χ1) is 11.6. The molecule has 24 heavy (non-hydrogen) atoms. The Morgan fingerprint density at radius 3 is 2.71 bits per heavy atom. The zero-order valence-electron chi connectivity index (χ0n) is 14.3. The number of aryl methyl sites for hydroxylation is 1. The Kier molecular flexibility index (Phi) is 5.00. The van der Waals surface area contributed by atoms with E-state index in [0.717, 1.165) is 31.3 Å². The lowest BCUT2D eigenvalue weighted by Crippen LogP contribution is -2.42. The highest BCUT2D eigenvalue weighted by molar-refractivity contribution is 5.99. The van der Waals surface area contributed by atoms with E-state index in [1.807, 2.05) is 25.1 Å². The van der Waals surface area contributed by atoms with Gasteiger partial charge in [-0.25, -0.2) is 4.79 Å². The summed E-state index contributed by atoms with van der Waals surface area (Å²) in [5, 5.41) is 4.19. The maximum atomic E-state index is 12.9. The van der Waals surface area contributed by atoms with Crippen molar-refractivity contribution in [2.24, 2.45) is 5.92 Å². The topological polar surface area (TPSA) is 62.6 Å². The van der Waals surface area contributed by atoms with E-state index in [4.69, 9.17) is 4.42 Å². The van der Waals surface area contributed by atoms with Gasteiger partial charge < -0.3 is 14.6 Å². The van der Waals surface area contributed by atoms with Crippen LogP contribution in [0.4, 0.5) is 0 Å². The highest BCUT2D eigenvalue weighted by Gasteiger charge is 2.27. The second-order valence-electron chi connectivity index (χ2n) is 6.43. The normalized spacial score (nSPS) is 15.8. The van der Waals surface area contributed by atoms with Crippen LogP contribution in [0.15, 0.2) is 33.5 Å². The molecule has 1 fully saturated rings. The highest BCUT2D eigenvalue weighted by Crippen LogP contribution is 2.22. The van der Waals surface area contributed by atoms with Crippen molar-refractivity contribution in [1.29, 1.82) is 0 Å². The fraction of sp³-hybridized carbons (Fsp3) is 0.474. The van der Waals surface area contributed by atoms with Gasteiger partial charge in [-0.3, -0.25) is 4.79 Å². The summed E-state index contributed by atoms with van der Waals surface area (Å²) in [6.07, 6.45) is 1.94. The standard InChI is InChI=1S/C19H24N2O3/c1-3-20-12-14-8-10-21(11-9-14)18(22)17-13(2)15-6-4-5-7-16(15)24-19(17)23/h4-7,14,20H,3,8-12H2,1-2H3. The third-order valence-corrected chi connectivity index (χ3v) is 4.87. The minimum Gasteiger partial charge on any atom is -0.422 e. The third kappa shape index (κ3) is 3.22. The van der Waals surface area contributed by atoms with Gasteiger partial charge in [0.2, 0.25) is 0 Å². The van der Waals surface area contributed by atoms with Crippen molar-refractivity contribution in [3.8, 4) is 0 Å². The molecule has 0 radical (unpaired) electrons. The summed E-state index contributed by atoms with van der Waals surface area (Å²) in [7, 11) is 0. The molecule has 1 N–H and O–H groups in total. The Bertz CT molecular complexity index is 789. The van der Waals surface area contributed by atoms with Crippen LogP contribution in [0.5, 0.6) is 0 Å². The Labute approximate surface area is 141 Å². The number of para-hydroxylation sites is 1. The van der Waals surface area contributed by atoms with Gasteiger partial charge in [-0.1, -0.05) is 25.1 Å². The molecule has 128 valence electrons. The monoisotopic (exact) mass is 328 g/mol. The molecule has 2 aromatic rings. The lowest BCUT2D eigenvalue weighted by molar-refractivity contribution is 0.0685. The van der Waals surface area contributed by atoms with E-state index in [1.54, 1.807) is 11.0 Å². The molecule has 0 bridgehead atoms. The smallest absolute Gasteiger partial charge is 0.349 e. The molecule has 2 heterocycles. The number of likely N-dealkylation sites (tertiary alicyclic amines) is 1. The molecule has 1 saturated heterocycles. The SMILES string of the molecule is CCNCC1CCN(C(=O)c2c(C)c3ccccc3oc2=O)CC1. The molecule has 1 aliphatic rings. The first kappa shape index (κ1) is 16.7. The molecule has 1 amide bonds. The minimum absolute atomic E-state index is 0.179. The molecule has 1 aromatic heterocycles. The lowest BCUT2D eigenvalue weighted by Gasteiger charge is -2.32. The van der Waals surface area contributed by atoms with Crippen molar-refractivity contribution in [3.05, 3.63) is 45.8 Å². The van der Waals surface area contributed by atoms with Crippen molar-refractivity contribution < 1.29 is 9.21 Å². The molecule has 0 spiro atoms. The van der Waals surface area contributed by atoms with Crippen molar-refractivity contribution in [3.63, 3.8) is 0 Å². The molecule has 1 aromatic carbocycles. The van der Waals surface area contributed by atoms with Crippen LogP contribution in [0.1, 0.15) is 35.7 Å². The Hall–Kier alpha value is -2.14. The van der Waals surface area contributed by atoms with Gasteiger partial charge in [0.1, 0.15) is 11.1 Å². The number of hydrogen-bond donors (Lipinski definition) is 1. The van der Waals surface area contributed by atoms with Gasteiger partial charge in [-0.05, 0) is 50.4 Å². The Morgan fingerprint density at radius 2 is 2.00 bits per heavy atom. The van der Waals surface area contributed by atoms with Crippen molar-refractivity contribution in [2.75, 3.05) is 26.2 Å². The lowest BCUT2D eigenvalue weighted by atomic mass is 9.95. The summed E-state index contributed by atoms with van der Waals surface area (Å²) in [6, 6.07) is 7.34. The molecular weight excluding hydrogens is 304 g/mol. The number of carbonyl (C=O) groups is 1. The molecule has 0 atom stereocenters. The number of rotatable bonds is 4. The van der Waals surface area contributed by atoms with Crippen molar-refractivity contribution in [2.45, 2.75) is 26.7 Å². The zero-order chi connectivity index (χ0) is 17.1. The first-order valence-electron chi connectivity index (χ1n) is 8.64.